The van der Waals surface area contributed by atoms with Gasteiger partial charge in [-0.2, -0.15) is 0 Å². The molecule has 5 heteroatoms. The Balaban J connectivity index is 1.61. The average molecular weight is 563 g/mol. The van der Waals surface area contributed by atoms with Gasteiger partial charge in [0.05, 0.1) is 0 Å². The van der Waals surface area contributed by atoms with Crippen LogP contribution < -0.4 is 4.52 Å². The fourth-order valence-corrected chi connectivity index (χ4v) is 6.49. The highest BCUT2D eigenvalue weighted by atomic mass is 35.9. The smallest absolute Gasteiger partial charge is 0.422 e. The lowest BCUT2D eigenvalue weighted by Crippen LogP contribution is -1.92. The monoisotopic (exact) mass is 562 g/mol. The third-order valence-corrected chi connectivity index (χ3v) is 8.12. The number of benzene rings is 7. The highest BCUT2D eigenvalue weighted by molar-refractivity contribution is 8.05. The first kappa shape index (κ1) is 24.2. The summed E-state index contributed by atoms with van der Waals surface area (Å²) in [6, 6.07) is 44.0. The molecule has 0 amide bonds. The zero-order valence-corrected chi connectivity index (χ0v) is 23.1. The molecule has 0 aliphatic heterocycles. The van der Waals surface area contributed by atoms with Crippen molar-refractivity contribution in [3.8, 4) is 28.0 Å². The molecule has 39 heavy (non-hydrogen) atoms. The average Bonchev–Trinajstić information content (AvgIpc) is 2.94. The topological polar surface area (TPSA) is 26.3 Å². The van der Waals surface area contributed by atoms with Gasteiger partial charge >= 0.3 is 6.07 Å². The summed E-state index contributed by atoms with van der Waals surface area (Å²) in [7, 11) is 0. The number of rotatable bonds is 4. The molecule has 0 radical (unpaired) electrons. The molecular weight excluding hydrogens is 542 g/mol. The summed E-state index contributed by atoms with van der Waals surface area (Å²) in [5.41, 5.74) is 4.40. The quantitative estimate of drug-likeness (QED) is 0.157. The lowest BCUT2D eigenvalue weighted by Gasteiger charge is -2.19. The van der Waals surface area contributed by atoms with Crippen molar-refractivity contribution < 1.29 is 9.09 Å². The van der Waals surface area contributed by atoms with E-state index >= 15 is 0 Å². The Kier molecular flexibility index (Phi) is 5.86. The van der Waals surface area contributed by atoms with E-state index in [0.717, 1.165) is 49.2 Å². The fraction of sp³-hybridized carbons (Fsp3) is 0. The summed E-state index contributed by atoms with van der Waals surface area (Å²) >= 11 is 11.6. The Labute approximate surface area is 235 Å². The number of fused-ring (bicyclic) bond motifs is 4. The van der Waals surface area contributed by atoms with Crippen LogP contribution in [0.2, 0.25) is 0 Å². The van der Waals surface area contributed by atoms with Crippen molar-refractivity contribution in [3.05, 3.63) is 127 Å². The van der Waals surface area contributed by atoms with Gasteiger partial charge in [-0.25, -0.2) is 4.57 Å². The third kappa shape index (κ3) is 4.45. The van der Waals surface area contributed by atoms with Gasteiger partial charge in [-0.1, -0.05) is 103 Å². The van der Waals surface area contributed by atoms with Crippen molar-refractivity contribution in [2.75, 3.05) is 0 Å². The summed E-state index contributed by atoms with van der Waals surface area (Å²) in [6.07, 6.45) is -3.79. The molecule has 0 bridgehead atoms. The Hall–Kier alpha value is -3.81. The Morgan fingerprint density at radius 1 is 0.462 bits per heavy atom. The minimum absolute atomic E-state index is 0.359. The summed E-state index contributed by atoms with van der Waals surface area (Å²) in [5, 5.41) is 8.98. The Bertz CT molecular complexity index is 2110. The van der Waals surface area contributed by atoms with Crippen LogP contribution >= 0.6 is 28.6 Å². The van der Waals surface area contributed by atoms with Crippen LogP contribution in [0.15, 0.2) is 127 Å². The van der Waals surface area contributed by atoms with Crippen LogP contribution in [0.1, 0.15) is 0 Å². The molecule has 7 aromatic carbocycles. The van der Waals surface area contributed by atoms with Gasteiger partial charge in [0.25, 0.3) is 0 Å². The maximum atomic E-state index is 12.2. The highest BCUT2D eigenvalue weighted by Crippen LogP contribution is 2.57. The van der Waals surface area contributed by atoms with Crippen LogP contribution in [0.4, 0.5) is 0 Å². The first-order valence-corrected chi connectivity index (χ1v) is 16.0. The summed E-state index contributed by atoms with van der Waals surface area (Å²) in [6.45, 7) is 0. The molecular formula is C34H21Cl2O2P. The predicted octanol–water partition coefficient (Wildman–Crippen LogP) is 11.6. The molecule has 0 saturated heterocycles. The van der Waals surface area contributed by atoms with Crippen LogP contribution in [0.5, 0.6) is 5.75 Å². The molecule has 0 heterocycles. The highest BCUT2D eigenvalue weighted by Gasteiger charge is 2.20. The maximum absolute atomic E-state index is 12.2. The van der Waals surface area contributed by atoms with E-state index in [9.17, 15) is 4.57 Å². The van der Waals surface area contributed by atoms with Gasteiger partial charge in [0, 0.05) is 22.5 Å². The molecule has 0 aliphatic rings. The van der Waals surface area contributed by atoms with Crippen molar-refractivity contribution in [1.82, 2.24) is 0 Å². The largest absolute Gasteiger partial charge is 0.428 e. The van der Waals surface area contributed by atoms with E-state index in [-0.39, 0.29) is 0 Å². The molecule has 0 aliphatic carbocycles. The minimum atomic E-state index is -3.79. The summed E-state index contributed by atoms with van der Waals surface area (Å²) in [4.78, 5) is 0. The number of hydrogen-bond acceptors (Lipinski definition) is 2. The molecule has 0 saturated carbocycles. The summed E-state index contributed by atoms with van der Waals surface area (Å²) < 4.78 is 17.6. The lowest BCUT2D eigenvalue weighted by molar-refractivity contribution is 0.513. The predicted molar refractivity (Wildman–Crippen MR) is 167 cm³/mol. The molecule has 0 N–H and O–H groups in total. The second kappa shape index (κ2) is 9.43. The maximum Gasteiger partial charge on any atom is 0.428 e. The minimum Gasteiger partial charge on any atom is -0.422 e. The number of halogens is 2. The Morgan fingerprint density at radius 2 is 0.923 bits per heavy atom. The number of hydrogen-bond donors (Lipinski definition) is 0. The second-order valence-electron chi connectivity index (χ2n) is 9.63. The Morgan fingerprint density at radius 3 is 1.46 bits per heavy atom. The van der Waals surface area contributed by atoms with Gasteiger partial charge in [-0.05, 0) is 89.6 Å². The molecule has 7 aromatic rings. The first-order valence-electron chi connectivity index (χ1n) is 12.6. The van der Waals surface area contributed by atoms with Crippen molar-refractivity contribution in [1.29, 1.82) is 0 Å². The van der Waals surface area contributed by atoms with Crippen LogP contribution in [0.3, 0.4) is 0 Å². The summed E-state index contributed by atoms with van der Waals surface area (Å²) in [5.74, 6) is 0.359. The van der Waals surface area contributed by atoms with Crippen LogP contribution in [-0.4, -0.2) is 0 Å². The van der Waals surface area contributed by atoms with E-state index in [1.165, 1.54) is 16.2 Å². The SMILES string of the molecule is O=P(Cl)(Cl)Oc1ccc2c(-c3ccc4ccccc4c3)c3ccccc3c(-c3ccc4ccccc4c3)c2c1. The van der Waals surface area contributed by atoms with Crippen LogP contribution in [-0.2, 0) is 4.57 Å². The van der Waals surface area contributed by atoms with Crippen molar-refractivity contribution >= 4 is 71.6 Å². The molecule has 0 aromatic heterocycles. The van der Waals surface area contributed by atoms with Gasteiger partial charge < -0.3 is 4.52 Å². The van der Waals surface area contributed by atoms with Crippen LogP contribution in [0.25, 0.3) is 65.3 Å². The third-order valence-electron chi connectivity index (χ3n) is 7.28. The first-order chi connectivity index (χ1) is 18.9. The van der Waals surface area contributed by atoms with E-state index < -0.39 is 6.07 Å². The van der Waals surface area contributed by atoms with Crippen molar-refractivity contribution in [2.45, 2.75) is 0 Å². The molecule has 7 rings (SSSR count). The van der Waals surface area contributed by atoms with E-state index in [1.54, 1.807) is 6.07 Å². The van der Waals surface area contributed by atoms with E-state index in [2.05, 4.69) is 103 Å². The van der Waals surface area contributed by atoms with Gasteiger partial charge in [0.1, 0.15) is 5.75 Å². The van der Waals surface area contributed by atoms with E-state index in [1.807, 2.05) is 18.2 Å². The lowest BCUT2D eigenvalue weighted by atomic mass is 9.85. The van der Waals surface area contributed by atoms with E-state index in [0.29, 0.717) is 5.75 Å². The second-order valence-corrected chi connectivity index (χ2v) is 13.8. The van der Waals surface area contributed by atoms with Crippen LogP contribution in [0, 0.1) is 0 Å². The van der Waals surface area contributed by atoms with Crippen molar-refractivity contribution in [2.24, 2.45) is 0 Å². The molecule has 2 nitrogen and oxygen atoms in total. The van der Waals surface area contributed by atoms with Gasteiger partial charge in [-0.3, -0.25) is 0 Å². The van der Waals surface area contributed by atoms with Gasteiger partial charge in [-0.15, -0.1) is 0 Å². The fourth-order valence-electron chi connectivity index (χ4n) is 5.65. The van der Waals surface area contributed by atoms with E-state index in [4.69, 9.17) is 27.0 Å². The molecule has 188 valence electrons. The standard InChI is InChI=1S/C34H21Cl2O2P/c35-39(36,37)38-28-17-18-31-32(21-28)34(27-16-14-23-8-2-4-10-25(23)20-27)30-12-6-5-11-29(30)33(31)26-15-13-22-7-1-3-9-24(22)19-26/h1-21H. The van der Waals surface area contributed by atoms with Crippen molar-refractivity contribution in [3.63, 3.8) is 0 Å². The van der Waals surface area contributed by atoms with Gasteiger partial charge in [0.15, 0.2) is 0 Å². The molecule has 0 unspecified atom stereocenters. The molecule has 0 spiro atoms. The zero-order chi connectivity index (χ0) is 26.6. The normalized spacial score (nSPS) is 11.9. The zero-order valence-electron chi connectivity index (χ0n) is 20.6. The molecule has 0 atom stereocenters. The van der Waals surface area contributed by atoms with Gasteiger partial charge in [0.2, 0.25) is 0 Å². The molecule has 0 fully saturated rings.